The van der Waals surface area contributed by atoms with E-state index in [0.29, 0.717) is 12.6 Å². The van der Waals surface area contributed by atoms with Gasteiger partial charge in [0.25, 0.3) is 0 Å². The molecule has 1 heterocycles. The molecule has 0 spiro atoms. The first-order chi connectivity index (χ1) is 10.2. The number of esters is 1. The molecule has 0 amide bonds. The maximum atomic E-state index is 11.7. The van der Waals surface area contributed by atoms with Gasteiger partial charge in [0.1, 0.15) is 0 Å². The molecule has 1 aliphatic rings. The molecule has 0 unspecified atom stereocenters. The van der Waals surface area contributed by atoms with Gasteiger partial charge < -0.3 is 4.74 Å². The van der Waals surface area contributed by atoms with Crippen molar-refractivity contribution >= 4 is 5.97 Å². The minimum Gasteiger partial charge on any atom is -0.468 e. The largest absolute Gasteiger partial charge is 0.468 e. The van der Waals surface area contributed by atoms with Crippen molar-refractivity contribution < 1.29 is 9.53 Å². The number of aryl methyl sites for hydroxylation is 2. The molecule has 0 aliphatic heterocycles. The van der Waals surface area contributed by atoms with Crippen molar-refractivity contribution in [2.24, 2.45) is 0 Å². The summed E-state index contributed by atoms with van der Waals surface area (Å²) in [7, 11) is 1.46. The Balaban J connectivity index is 2.13. The van der Waals surface area contributed by atoms with Gasteiger partial charge in [0.05, 0.1) is 25.0 Å². The van der Waals surface area contributed by atoms with Crippen molar-refractivity contribution in [1.29, 1.82) is 0 Å². The summed E-state index contributed by atoms with van der Waals surface area (Å²) in [5.74, 6) is -0.153. The van der Waals surface area contributed by atoms with E-state index in [9.17, 15) is 4.79 Å². The third kappa shape index (κ3) is 4.06. The molecule has 1 aromatic rings. The number of aromatic nitrogens is 2. The topological polar surface area (TPSA) is 47.4 Å². The van der Waals surface area contributed by atoms with E-state index >= 15 is 0 Å². The number of ether oxygens (including phenoxy) is 1. The number of hydrogen-bond acceptors (Lipinski definition) is 4. The van der Waals surface area contributed by atoms with Crippen LogP contribution in [0.1, 0.15) is 50.9 Å². The molecule has 0 N–H and O–H groups in total. The van der Waals surface area contributed by atoms with E-state index in [4.69, 9.17) is 4.74 Å². The zero-order chi connectivity index (χ0) is 15.2. The molecule has 5 heteroatoms. The Hall–Kier alpha value is -1.36. The summed E-state index contributed by atoms with van der Waals surface area (Å²) >= 11 is 0. The lowest BCUT2D eigenvalue weighted by molar-refractivity contribution is -0.142. The number of carbonyl (C=O) groups excluding carboxylic acids is 1. The van der Waals surface area contributed by atoms with Crippen molar-refractivity contribution in [3.05, 3.63) is 17.5 Å². The van der Waals surface area contributed by atoms with E-state index < -0.39 is 0 Å². The zero-order valence-corrected chi connectivity index (χ0v) is 13.5. The molecule has 118 valence electrons. The van der Waals surface area contributed by atoms with E-state index in [-0.39, 0.29) is 5.97 Å². The summed E-state index contributed by atoms with van der Waals surface area (Å²) < 4.78 is 6.91. The van der Waals surface area contributed by atoms with E-state index in [1.165, 1.54) is 38.5 Å². The normalized spacial score (nSPS) is 15.8. The van der Waals surface area contributed by atoms with Gasteiger partial charge in [-0.25, -0.2) is 0 Å². The van der Waals surface area contributed by atoms with Crippen molar-refractivity contribution in [2.75, 3.05) is 13.7 Å². The van der Waals surface area contributed by atoms with Crippen molar-refractivity contribution in [1.82, 2.24) is 14.7 Å². The molecule has 2 rings (SSSR count). The maximum absolute atomic E-state index is 11.7. The van der Waals surface area contributed by atoms with Gasteiger partial charge in [-0.05, 0) is 32.3 Å². The SMILES string of the molecule is CCc1cc(CN(CC(=O)OC)C2CCCC2)n(CC)n1. The Morgan fingerprint density at radius 3 is 2.71 bits per heavy atom. The van der Waals surface area contributed by atoms with Crippen LogP contribution in [0.15, 0.2) is 6.07 Å². The van der Waals surface area contributed by atoms with Gasteiger partial charge in [0.2, 0.25) is 0 Å². The number of nitrogens with zero attached hydrogens (tertiary/aromatic N) is 3. The third-order valence-electron chi connectivity index (χ3n) is 4.34. The highest BCUT2D eigenvalue weighted by atomic mass is 16.5. The summed E-state index contributed by atoms with van der Waals surface area (Å²) in [6.45, 7) is 6.25. The fourth-order valence-electron chi connectivity index (χ4n) is 3.11. The van der Waals surface area contributed by atoms with Crippen LogP contribution in [0, 0.1) is 0 Å². The van der Waals surface area contributed by atoms with E-state index in [1.807, 2.05) is 0 Å². The van der Waals surface area contributed by atoms with Crippen molar-refractivity contribution in [2.45, 2.75) is 65.1 Å². The molecule has 21 heavy (non-hydrogen) atoms. The Morgan fingerprint density at radius 1 is 1.43 bits per heavy atom. The second-order valence-corrected chi connectivity index (χ2v) is 5.72. The average Bonchev–Trinajstić information content (AvgIpc) is 3.15. The Morgan fingerprint density at radius 2 is 2.14 bits per heavy atom. The fraction of sp³-hybridized carbons (Fsp3) is 0.750. The fourth-order valence-corrected chi connectivity index (χ4v) is 3.11. The molecule has 0 bridgehead atoms. The molecule has 0 aromatic carbocycles. The van der Waals surface area contributed by atoms with Gasteiger partial charge in [-0.3, -0.25) is 14.4 Å². The molecule has 1 aliphatic carbocycles. The zero-order valence-electron chi connectivity index (χ0n) is 13.5. The predicted molar refractivity (Wildman–Crippen MR) is 82.0 cm³/mol. The quantitative estimate of drug-likeness (QED) is 0.724. The highest BCUT2D eigenvalue weighted by Gasteiger charge is 2.25. The van der Waals surface area contributed by atoms with Crippen LogP contribution >= 0.6 is 0 Å². The van der Waals surface area contributed by atoms with Gasteiger partial charge in [-0.15, -0.1) is 0 Å². The summed E-state index contributed by atoms with van der Waals surface area (Å²) in [4.78, 5) is 14.0. The van der Waals surface area contributed by atoms with E-state index in [1.54, 1.807) is 0 Å². The lowest BCUT2D eigenvalue weighted by Gasteiger charge is -2.27. The van der Waals surface area contributed by atoms with Crippen LogP contribution < -0.4 is 0 Å². The van der Waals surface area contributed by atoms with Crippen LogP contribution in [-0.2, 0) is 29.0 Å². The van der Waals surface area contributed by atoms with E-state index in [2.05, 4.69) is 34.6 Å². The van der Waals surface area contributed by atoms with Crippen LogP contribution in [0.5, 0.6) is 0 Å². The Bertz CT molecular complexity index is 464. The first-order valence-electron chi connectivity index (χ1n) is 8.04. The van der Waals surface area contributed by atoms with Gasteiger partial charge in [-0.2, -0.15) is 5.10 Å². The molecule has 1 aromatic heterocycles. The van der Waals surface area contributed by atoms with Crippen molar-refractivity contribution in [3.8, 4) is 0 Å². The first kappa shape index (κ1) is 16.0. The minimum absolute atomic E-state index is 0.153. The van der Waals surface area contributed by atoms with Gasteiger partial charge >= 0.3 is 5.97 Å². The van der Waals surface area contributed by atoms with Crippen molar-refractivity contribution in [3.63, 3.8) is 0 Å². The monoisotopic (exact) mass is 293 g/mol. The third-order valence-corrected chi connectivity index (χ3v) is 4.34. The molecule has 5 nitrogen and oxygen atoms in total. The van der Waals surface area contributed by atoms with Gasteiger partial charge in [-0.1, -0.05) is 19.8 Å². The van der Waals surface area contributed by atoms with Gasteiger partial charge in [0, 0.05) is 19.1 Å². The average molecular weight is 293 g/mol. The van der Waals surface area contributed by atoms with Gasteiger partial charge in [0.15, 0.2) is 0 Å². The molecule has 0 atom stereocenters. The number of carbonyl (C=O) groups is 1. The van der Waals surface area contributed by atoms with Crippen LogP contribution in [0.3, 0.4) is 0 Å². The highest BCUT2D eigenvalue weighted by molar-refractivity contribution is 5.71. The highest BCUT2D eigenvalue weighted by Crippen LogP contribution is 2.25. The molecule has 0 radical (unpaired) electrons. The molecule has 0 saturated heterocycles. The summed E-state index contributed by atoms with van der Waals surface area (Å²) in [5, 5.41) is 4.60. The maximum Gasteiger partial charge on any atom is 0.319 e. The standard InChI is InChI=1S/C16H27N3O2/c1-4-13-10-15(19(5-2)17-13)11-18(12-16(20)21-3)14-8-6-7-9-14/h10,14H,4-9,11-12H2,1-3H3. The Labute approximate surface area is 127 Å². The number of rotatable bonds is 7. The second-order valence-electron chi connectivity index (χ2n) is 5.72. The lowest BCUT2D eigenvalue weighted by atomic mass is 10.2. The number of hydrogen-bond donors (Lipinski definition) is 0. The van der Waals surface area contributed by atoms with Crippen LogP contribution in [0.2, 0.25) is 0 Å². The molecular weight excluding hydrogens is 266 g/mol. The van der Waals surface area contributed by atoms with Crippen LogP contribution in [0.4, 0.5) is 0 Å². The first-order valence-corrected chi connectivity index (χ1v) is 8.04. The molecular formula is C16H27N3O2. The lowest BCUT2D eigenvalue weighted by Crippen LogP contribution is -2.38. The summed E-state index contributed by atoms with van der Waals surface area (Å²) in [5.41, 5.74) is 2.32. The summed E-state index contributed by atoms with van der Waals surface area (Å²) in [6, 6.07) is 2.66. The molecule has 1 fully saturated rings. The smallest absolute Gasteiger partial charge is 0.319 e. The molecule has 1 saturated carbocycles. The minimum atomic E-state index is -0.153. The predicted octanol–water partition coefficient (Wildman–Crippen LogP) is 2.38. The Kier molecular flexibility index (Phi) is 5.79. The van der Waals surface area contributed by atoms with Crippen LogP contribution in [-0.4, -0.2) is 40.3 Å². The van der Waals surface area contributed by atoms with E-state index in [0.717, 1.165) is 25.2 Å². The second kappa shape index (κ2) is 7.59. The number of methoxy groups -OCH3 is 1. The summed E-state index contributed by atoms with van der Waals surface area (Å²) in [6.07, 6.45) is 5.82. The van der Waals surface area contributed by atoms with Crippen LogP contribution in [0.25, 0.3) is 0 Å².